The minimum atomic E-state index is -0.143. The first-order valence-corrected chi connectivity index (χ1v) is 7.46. The fourth-order valence-corrected chi connectivity index (χ4v) is 2.34. The van der Waals surface area contributed by atoms with Crippen molar-refractivity contribution >= 4 is 17.5 Å². The zero-order valence-electron chi connectivity index (χ0n) is 13.5. The van der Waals surface area contributed by atoms with E-state index < -0.39 is 0 Å². The molecule has 5 nitrogen and oxygen atoms in total. The monoisotopic (exact) mass is 298 g/mol. The summed E-state index contributed by atoms with van der Waals surface area (Å²) in [5.74, 6) is 0.346. The van der Waals surface area contributed by atoms with E-state index >= 15 is 0 Å². The van der Waals surface area contributed by atoms with E-state index in [0.717, 1.165) is 23.2 Å². The van der Waals surface area contributed by atoms with Crippen LogP contribution in [0.1, 0.15) is 40.4 Å². The number of benzene rings is 1. The molecule has 1 aromatic heterocycles. The van der Waals surface area contributed by atoms with Crippen molar-refractivity contribution < 1.29 is 4.79 Å². The number of nitrogens with zero attached hydrogens (tertiary/aromatic N) is 2. The van der Waals surface area contributed by atoms with Gasteiger partial charge in [-0.1, -0.05) is 24.6 Å². The molecule has 5 heteroatoms. The third-order valence-corrected chi connectivity index (χ3v) is 3.36. The van der Waals surface area contributed by atoms with Crippen molar-refractivity contribution in [2.75, 3.05) is 11.9 Å². The Kier molecular flexibility index (Phi) is 5.09. The second-order valence-corrected chi connectivity index (χ2v) is 5.45. The van der Waals surface area contributed by atoms with Gasteiger partial charge in [-0.05, 0) is 38.3 Å². The summed E-state index contributed by atoms with van der Waals surface area (Å²) >= 11 is 0. The van der Waals surface area contributed by atoms with Gasteiger partial charge in [0.25, 0.3) is 5.91 Å². The highest BCUT2D eigenvalue weighted by molar-refractivity contribution is 5.93. The van der Waals surface area contributed by atoms with Crippen LogP contribution in [0.25, 0.3) is 0 Å². The van der Waals surface area contributed by atoms with Gasteiger partial charge in [-0.25, -0.2) is 9.97 Å². The molecule has 2 aromatic rings. The molecule has 2 rings (SSSR count). The quantitative estimate of drug-likeness (QED) is 0.889. The lowest BCUT2D eigenvalue weighted by Crippen LogP contribution is -2.24. The zero-order chi connectivity index (χ0) is 16.1. The minimum absolute atomic E-state index is 0.143. The molecule has 0 saturated heterocycles. The lowest BCUT2D eigenvalue weighted by Gasteiger charge is -2.12. The third-order valence-electron chi connectivity index (χ3n) is 3.36. The van der Waals surface area contributed by atoms with Crippen LogP contribution in [-0.4, -0.2) is 22.4 Å². The first kappa shape index (κ1) is 15.9. The second kappa shape index (κ2) is 7.02. The number of anilines is 2. The maximum absolute atomic E-state index is 11.8. The fraction of sp³-hybridized carbons (Fsp3) is 0.353. The average Bonchev–Trinajstić information content (AvgIpc) is 2.49. The van der Waals surface area contributed by atoms with Crippen LogP contribution in [0.3, 0.4) is 0 Å². The van der Waals surface area contributed by atoms with Gasteiger partial charge in [0.2, 0.25) is 5.95 Å². The van der Waals surface area contributed by atoms with E-state index in [2.05, 4.69) is 53.5 Å². The number of amides is 1. The number of carbonyl (C=O) groups is 1. The predicted molar refractivity (Wildman–Crippen MR) is 88.6 cm³/mol. The van der Waals surface area contributed by atoms with E-state index in [1.54, 1.807) is 12.4 Å². The molecule has 22 heavy (non-hydrogen) atoms. The van der Waals surface area contributed by atoms with Crippen LogP contribution in [0.5, 0.6) is 0 Å². The Morgan fingerprint density at radius 3 is 2.23 bits per heavy atom. The van der Waals surface area contributed by atoms with Crippen LogP contribution >= 0.6 is 0 Å². The predicted octanol–water partition coefficient (Wildman–Crippen LogP) is 3.29. The molecular weight excluding hydrogens is 276 g/mol. The number of nitrogens with one attached hydrogen (secondary N) is 2. The van der Waals surface area contributed by atoms with Crippen LogP contribution < -0.4 is 10.6 Å². The van der Waals surface area contributed by atoms with Gasteiger partial charge in [0.1, 0.15) is 0 Å². The molecule has 0 atom stereocenters. The summed E-state index contributed by atoms with van der Waals surface area (Å²) < 4.78 is 0. The van der Waals surface area contributed by atoms with Gasteiger partial charge >= 0.3 is 0 Å². The smallest absolute Gasteiger partial charge is 0.254 e. The van der Waals surface area contributed by atoms with Crippen molar-refractivity contribution in [1.29, 1.82) is 0 Å². The molecule has 1 heterocycles. The molecule has 0 fully saturated rings. The molecule has 2 N–H and O–H groups in total. The molecule has 0 spiro atoms. The van der Waals surface area contributed by atoms with Crippen LogP contribution in [0.15, 0.2) is 24.5 Å². The SMILES string of the molecule is CCCNC(=O)c1cnc(Nc2c(C)cc(C)cc2C)nc1. The molecule has 1 amide bonds. The van der Waals surface area contributed by atoms with Crippen molar-refractivity contribution in [3.8, 4) is 0 Å². The number of carbonyl (C=O) groups excluding carboxylic acids is 1. The van der Waals surface area contributed by atoms with E-state index in [0.29, 0.717) is 18.1 Å². The Morgan fingerprint density at radius 1 is 1.09 bits per heavy atom. The van der Waals surface area contributed by atoms with Crippen molar-refractivity contribution in [3.05, 3.63) is 46.8 Å². The maximum Gasteiger partial charge on any atom is 0.254 e. The molecule has 0 aliphatic heterocycles. The minimum Gasteiger partial charge on any atom is -0.352 e. The van der Waals surface area contributed by atoms with E-state index in [-0.39, 0.29) is 5.91 Å². The van der Waals surface area contributed by atoms with E-state index in [9.17, 15) is 4.79 Å². The molecule has 0 aliphatic carbocycles. The molecule has 0 bridgehead atoms. The molecule has 0 aliphatic rings. The van der Waals surface area contributed by atoms with Gasteiger partial charge in [-0.2, -0.15) is 0 Å². The summed E-state index contributed by atoms with van der Waals surface area (Å²) in [6.45, 7) is 8.84. The van der Waals surface area contributed by atoms with Crippen molar-refractivity contribution in [2.24, 2.45) is 0 Å². The normalized spacial score (nSPS) is 10.4. The number of aryl methyl sites for hydroxylation is 3. The number of hydrogen-bond acceptors (Lipinski definition) is 4. The van der Waals surface area contributed by atoms with Crippen LogP contribution in [-0.2, 0) is 0 Å². The van der Waals surface area contributed by atoms with E-state index in [4.69, 9.17) is 0 Å². The van der Waals surface area contributed by atoms with Gasteiger partial charge in [-0.15, -0.1) is 0 Å². The summed E-state index contributed by atoms with van der Waals surface area (Å²) in [6.07, 6.45) is 3.98. The van der Waals surface area contributed by atoms with Gasteiger partial charge < -0.3 is 10.6 Å². The Balaban J connectivity index is 2.13. The third kappa shape index (κ3) is 3.81. The van der Waals surface area contributed by atoms with E-state index in [1.165, 1.54) is 5.56 Å². The molecule has 116 valence electrons. The molecule has 1 aromatic carbocycles. The van der Waals surface area contributed by atoms with Gasteiger partial charge in [0.15, 0.2) is 0 Å². The highest BCUT2D eigenvalue weighted by Crippen LogP contribution is 2.24. The lowest BCUT2D eigenvalue weighted by atomic mass is 10.1. The number of rotatable bonds is 5. The Labute approximate surface area is 131 Å². The first-order chi connectivity index (χ1) is 10.5. The second-order valence-electron chi connectivity index (χ2n) is 5.45. The summed E-state index contributed by atoms with van der Waals surface area (Å²) in [6, 6.07) is 4.23. The van der Waals surface area contributed by atoms with Gasteiger partial charge in [0, 0.05) is 24.6 Å². The number of aromatic nitrogens is 2. The van der Waals surface area contributed by atoms with Gasteiger partial charge in [-0.3, -0.25) is 4.79 Å². The maximum atomic E-state index is 11.8. The summed E-state index contributed by atoms with van der Waals surface area (Å²) in [7, 11) is 0. The van der Waals surface area contributed by atoms with Crippen molar-refractivity contribution in [2.45, 2.75) is 34.1 Å². The lowest BCUT2D eigenvalue weighted by molar-refractivity contribution is 0.0953. The van der Waals surface area contributed by atoms with Crippen LogP contribution in [0.2, 0.25) is 0 Å². The fourth-order valence-electron chi connectivity index (χ4n) is 2.34. The van der Waals surface area contributed by atoms with Crippen LogP contribution in [0.4, 0.5) is 11.6 Å². The Bertz CT molecular complexity index is 642. The zero-order valence-corrected chi connectivity index (χ0v) is 13.5. The number of hydrogen-bond donors (Lipinski definition) is 2. The first-order valence-electron chi connectivity index (χ1n) is 7.46. The molecule has 0 unspecified atom stereocenters. The van der Waals surface area contributed by atoms with E-state index in [1.807, 2.05) is 6.92 Å². The summed E-state index contributed by atoms with van der Waals surface area (Å²) in [5, 5.41) is 6.03. The van der Waals surface area contributed by atoms with Crippen LogP contribution in [0, 0.1) is 20.8 Å². The average molecular weight is 298 g/mol. The van der Waals surface area contributed by atoms with Crippen molar-refractivity contribution in [1.82, 2.24) is 15.3 Å². The standard InChI is InChI=1S/C17H22N4O/c1-5-6-18-16(22)14-9-19-17(20-10-14)21-15-12(3)7-11(2)8-13(15)4/h7-10H,5-6H2,1-4H3,(H,18,22)(H,19,20,21). The molecule has 0 radical (unpaired) electrons. The molecular formula is C17H22N4O. The molecule has 0 saturated carbocycles. The Hall–Kier alpha value is -2.43. The highest BCUT2D eigenvalue weighted by atomic mass is 16.1. The highest BCUT2D eigenvalue weighted by Gasteiger charge is 2.08. The summed E-state index contributed by atoms with van der Waals surface area (Å²) in [4.78, 5) is 20.3. The Morgan fingerprint density at radius 2 is 1.68 bits per heavy atom. The largest absolute Gasteiger partial charge is 0.352 e. The van der Waals surface area contributed by atoms with Gasteiger partial charge in [0.05, 0.1) is 5.56 Å². The topological polar surface area (TPSA) is 66.9 Å². The summed E-state index contributed by atoms with van der Waals surface area (Å²) in [5.41, 5.74) is 4.99. The van der Waals surface area contributed by atoms with Crippen molar-refractivity contribution in [3.63, 3.8) is 0 Å².